The Balaban J connectivity index is 4.65. The van der Waals surface area contributed by atoms with Gasteiger partial charge in [0, 0.05) is 628 Å². The fourth-order valence-electron chi connectivity index (χ4n) is 3.92. The van der Waals surface area contributed by atoms with Gasteiger partial charge >= 0.3 is 0 Å². The molecule has 0 nitrogen and oxygen atoms in total. The molecule has 0 N–H and O–H groups in total. The Morgan fingerprint density at radius 3 is 0.141 bits per heavy atom. The van der Waals surface area contributed by atoms with Crippen LogP contribution in [0.25, 0.3) is 0 Å². The van der Waals surface area contributed by atoms with Crippen molar-refractivity contribution in [1.29, 1.82) is 0 Å². The summed E-state index contributed by atoms with van der Waals surface area (Å²) >= 11 is 0. The second-order valence-corrected chi connectivity index (χ2v) is 15.9. The molecule has 0 aromatic heterocycles. The highest BCUT2D eigenvalue weighted by molar-refractivity contribution is 5.59. The zero-order valence-electron chi connectivity index (χ0n) is 64.7. The molecule has 0 atom stereocenters. The number of hydrogen-bond acceptors (Lipinski definition) is 0. The van der Waals surface area contributed by atoms with Crippen molar-refractivity contribution in [3.8, 4) is 746 Å². The molecule has 0 fully saturated rings. The Morgan fingerprint density at radius 1 is 0.0625 bits per heavy atom. The fraction of sp³-hybridized carbons (Fsp3) is 0.00781. The lowest BCUT2D eigenvalue weighted by molar-refractivity contribution is 1.92. The predicted octanol–water partition coefficient (Wildman–Crippen LogP) is 1.05. The summed E-state index contributed by atoms with van der Waals surface area (Å²) in [6.45, 7) is 5.00. The molecule has 0 aliphatic carbocycles. The molecule has 0 unspecified atom stereocenters. The molecule has 518 valence electrons. The van der Waals surface area contributed by atoms with Crippen LogP contribution in [0.4, 0.5) is 0 Å². The monoisotopic (exact) mass is 1540 g/mol. The average Bonchev–Trinajstić information content (AvgIpc) is 1.15. The van der Waals surface area contributed by atoms with Crippen molar-refractivity contribution in [2.45, 2.75) is 6.92 Å². The zero-order valence-corrected chi connectivity index (χ0v) is 64.7. The highest BCUT2D eigenvalue weighted by Gasteiger charge is 1.70. The maximum atomic E-state index is 3.32. The summed E-state index contributed by atoms with van der Waals surface area (Å²) in [5.41, 5.74) is 0. The van der Waals surface area contributed by atoms with Gasteiger partial charge in [0.05, 0.1) is 0 Å². The van der Waals surface area contributed by atoms with E-state index in [1.165, 1.54) is 0 Å². The third-order valence-corrected chi connectivity index (χ3v) is 7.90. The van der Waals surface area contributed by atoms with Gasteiger partial charge in [-0.1, -0.05) is 5.92 Å². The van der Waals surface area contributed by atoms with Gasteiger partial charge in [-0.3, -0.25) is 5.92 Å². The molecule has 0 saturated heterocycles. The van der Waals surface area contributed by atoms with Crippen LogP contribution in [0.15, 0.2) is 0 Å². The predicted molar refractivity (Wildman–Crippen MR) is 501 cm³/mol. The molecule has 0 aromatic carbocycles. The van der Waals surface area contributed by atoms with Gasteiger partial charge in [-0.15, -0.1) is 5.92 Å². The first-order chi connectivity index (χ1) is 63.9. The molecular formula is C128H5-. The summed E-state index contributed by atoms with van der Waals surface area (Å²) in [6, 6.07) is 0. The highest BCUT2D eigenvalue weighted by Crippen LogP contribution is 1.70. The molecule has 0 heteroatoms. The topological polar surface area (TPSA) is 0 Å². The molecule has 0 bridgehead atoms. The minimum absolute atomic E-state index is 1.68. The van der Waals surface area contributed by atoms with Gasteiger partial charge in [0.15, 0.2) is 0 Å². The smallest absolute Gasteiger partial charge is 0 e. The third kappa shape index (κ3) is 98.2. The minimum Gasteiger partial charge on any atom is -0.284 e. The Bertz CT molecular complexity index is 8460. The first-order valence-electron chi connectivity index (χ1n) is 32.1. The molecule has 0 aliphatic rings. The molecule has 0 aliphatic heterocycles. The lowest BCUT2D eigenvalue weighted by Gasteiger charge is -1.64. The van der Waals surface area contributed by atoms with Crippen molar-refractivity contribution in [3.05, 3.63) is 6.92 Å². The van der Waals surface area contributed by atoms with Crippen molar-refractivity contribution in [1.82, 2.24) is 0 Å². The second kappa shape index (κ2) is 99.2. The molecular weight excluding hydrogens is 1540 g/mol. The van der Waals surface area contributed by atoms with E-state index in [1.54, 1.807) is 6.92 Å². The highest BCUT2D eigenvalue weighted by atomic mass is 13.7. The Hall–Kier alpha value is -27.8. The average molecular weight is 1540 g/mol. The van der Waals surface area contributed by atoms with Crippen molar-refractivity contribution in [3.63, 3.8) is 0 Å². The van der Waals surface area contributed by atoms with Gasteiger partial charge in [0.25, 0.3) is 0 Å². The van der Waals surface area contributed by atoms with Crippen molar-refractivity contribution >= 4 is 0 Å². The van der Waals surface area contributed by atoms with Gasteiger partial charge in [-0.05, 0) is 102 Å². The summed E-state index contributed by atoms with van der Waals surface area (Å²) < 4.78 is 0. The molecule has 0 radical (unpaired) electrons. The van der Waals surface area contributed by atoms with E-state index in [0.29, 0.717) is 0 Å². The van der Waals surface area contributed by atoms with Crippen LogP contribution in [0.5, 0.6) is 0 Å². The molecule has 0 spiro atoms. The molecule has 0 saturated carbocycles. The van der Waals surface area contributed by atoms with E-state index < -0.39 is 0 Å². The molecule has 0 aromatic rings. The van der Waals surface area contributed by atoms with Crippen LogP contribution in [0, 0.1) is 753 Å². The Morgan fingerprint density at radius 2 is 0.102 bits per heavy atom. The lowest BCUT2D eigenvalue weighted by atomic mass is 10.4. The SMILES string of the molecule is [CH2-]C#CC#CC#CC#CC#CC#CC#CC#CC#CC#CC#CC#CC#CC#CC#CC#CC#CC#CC#CC#CC#CC#CC#CC#CC#CC#CC#CC#CC#CC#CC#CC#CC#CC#CC#CC#CC#CC#CC#CC#CC#CC#CC#CC#CC#CC#CC#CC#CC#CC#CC#CC#CC#CC#CC#CC#CC#CC#CC#CC#CC#CC#CC#CC. The van der Waals surface area contributed by atoms with Gasteiger partial charge in [-0.2, -0.15) is 6.92 Å². The minimum atomic E-state index is 1.68. The van der Waals surface area contributed by atoms with Crippen molar-refractivity contribution < 1.29 is 0 Å². The van der Waals surface area contributed by atoms with Gasteiger partial charge < -0.3 is 0 Å². The molecule has 128 heavy (non-hydrogen) atoms. The van der Waals surface area contributed by atoms with E-state index >= 15 is 0 Å². The first-order valence-corrected chi connectivity index (χ1v) is 32.1. The summed E-state index contributed by atoms with van der Waals surface area (Å²) in [5.74, 6) is 315. The van der Waals surface area contributed by atoms with Gasteiger partial charge in [0.2, 0.25) is 0 Å². The maximum absolute atomic E-state index is 3.32. The number of rotatable bonds is 0. The van der Waals surface area contributed by atoms with Gasteiger partial charge in [-0.25, -0.2) is 5.92 Å². The Kier molecular flexibility index (Phi) is 77.6. The van der Waals surface area contributed by atoms with E-state index in [9.17, 15) is 0 Å². The van der Waals surface area contributed by atoms with E-state index in [-0.39, 0.29) is 0 Å². The van der Waals surface area contributed by atoms with Crippen LogP contribution in [0.1, 0.15) is 6.92 Å². The van der Waals surface area contributed by atoms with E-state index in [2.05, 4.69) is 753 Å². The summed E-state index contributed by atoms with van der Waals surface area (Å²) in [7, 11) is 0. The Labute approximate surface area is 754 Å². The largest absolute Gasteiger partial charge is 0.284 e. The van der Waals surface area contributed by atoms with E-state index in [4.69, 9.17) is 0 Å². The van der Waals surface area contributed by atoms with Crippen LogP contribution in [0.3, 0.4) is 0 Å². The van der Waals surface area contributed by atoms with Crippen LogP contribution in [0.2, 0.25) is 0 Å². The number of hydrogen-bond donors (Lipinski definition) is 0. The van der Waals surface area contributed by atoms with Gasteiger partial charge in [0.1, 0.15) is 0 Å². The molecule has 0 rings (SSSR count). The summed E-state index contributed by atoms with van der Waals surface area (Å²) in [6.07, 6.45) is 0. The second-order valence-electron chi connectivity index (χ2n) is 15.9. The van der Waals surface area contributed by atoms with Crippen LogP contribution in [-0.4, -0.2) is 0 Å². The quantitative estimate of drug-likeness (QED) is 0.252. The van der Waals surface area contributed by atoms with Crippen LogP contribution in [-0.2, 0) is 0 Å². The summed E-state index contributed by atoms with van der Waals surface area (Å²) in [4.78, 5) is 0. The third-order valence-electron chi connectivity index (χ3n) is 7.90. The lowest BCUT2D eigenvalue weighted by Crippen LogP contribution is -1.57. The van der Waals surface area contributed by atoms with Crippen LogP contribution < -0.4 is 0 Å². The van der Waals surface area contributed by atoms with E-state index in [1.807, 2.05) is 0 Å². The normalized spacial score (nSPS) is 3.98. The maximum Gasteiger partial charge on any atom is 0 e. The van der Waals surface area contributed by atoms with Crippen molar-refractivity contribution in [2.24, 2.45) is 0 Å². The van der Waals surface area contributed by atoms with Crippen molar-refractivity contribution in [2.75, 3.05) is 0 Å². The fourth-order valence-corrected chi connectivity index (χ4v) is 3.92. The van der Waals surface area contributed by atoms with E-state index in [0.717, 1.165) is 0 Å². The molecule has 0 heterocycles. The standard InChI is InChI=1S/C128H5/c1-3-5-7-9-11-13-15-17-19-21-23-25-27-29-31-33-35-37-39-41-43-45-47-49-51-53-55-57-59-61-63-65-67-69-71-73-75-77-79-81-83-85-87-89-91-93-95-97-99-101-103-105-107-109-111-113-115-117-119-121-123-125-127-128-126-124-122-120-118-116-114-112-110-108-106-104-102-100-98-96-94-92-90-88-86-84-82-80-78-76-74-72-70-68-66-64-62-60-58-56-54-52-50-48-46-44-42-40-38-36-34-32-30-28-26-24-22-20-18-16-14-12-10-8-6-4-2/h1H2,2H3/q-1. The first kappa shape index (κ1) is 100. The zero-order chi connectivity index (χ0) is 91.1. The molecule has 0 amide bonds. The van der Waals surface area contributed by atoms with Crippen LogP contribution >= 0.6 is 0 Å². The summed E-state index contributed by atoms with van der Waals surface area (Å²) in [5, 5.41) is 0.